The number of carbonyl (C=O) groups excluding carboxylic acids is 1. The van der Waals surface area contributed by atoms with E-state index in [4.69, 9.17) is 25.9 Å². The molecule has 1 amide bonds. The lowest BCUT2D eigenvalue weighted by molar-refractivity contribution is 0.0114. The van der Waals surface area contributed by atoms with Crippen molar-refractivity contribution in [2.24, 2.45) is 18.0 Å². The average Bonchev–Trinajstić information content (AvgIpc) is 3.44. The van der Waals surface area contributed by atoms with Gasteiger partial charge >= 0.3 is 6.09 Å². The Morgan fingerprint density at radius 1 is 1.36 bits per heavy atom. The molecule has 12 heteroatoms. The number of halogens is 1. The maximum atomic E-state index is 12.5. The van der Waals surface area contributed by atoms with E-state index in [1.807, 2.05) is 34.0 Å². The Labute approximate surface area is 197 Å². The lowest BCUT2D eigenvalue weighted by atomic mass is 10.1. The van der Waals surface area contributed by atoms with Crippen LogP contribution in [0.2, 0.25) is 5.02 Å². The SMILES string of the molecule is CO[C@H]1CN(C(=O)OC(C)(C)C)C[C@@H]1CON1c2[nH]cc(Cl)c2C=NC1Nc1cnn(C)c1. The lowest BCUT2D eigenvalue weighted by Gasteiger charge is -2.33. The molecular formula is C21H30ClN7O4. The summed E-state index contributed by atoms with van der Waals surface area (Å²) in [5, 5.41) is 9.68. The summed E-state index contributed by atoms with van der Waals surface area (Å²) >= 11 is 6.30. The summed E-state index contributed by atoms with van der Waals surface area (Å²) in [5.74, 6) is 0.633. The van der Waals surface area contributed by atoms with Crippen LogP contribution in [-0.4, -0.2) is 76.8 Å². The van der Waals surface area contributed by atoms with Gasteiger partial charge in [-0.15, -0.1) is 0 Å². The summed E-state index contributed by atoms with van der Waals surface area (Å²) in [7, 11) is 3.48. The van der Waals surface area contributed by atoms with Crippen LogP contribution in [0.3, 0.4) is 0 Å². The number of hydrogen-bond donors (Lipinski definition) is 2. The number of aliphatic imine (C=N–C) groups is 1. The highest BCUT2D eigenvalue weighted by Gasteiger charge is 2.39. The Morgan fingerprint density at radius 2 is 2.15 bits per heavy atom. The number of nitrogens with one attached hydrogen (secondary N) is 2. The van der Waals surface area contributed by atoms with E-state index in [2.05, 4.69) is 20.4 Å². The highest BCUT2D eigenvalue weighted by atomic mass is 35.5. The first-order valence-electron chi connectivity index (χ1n) is 10.7. The fourth-order valence-electron chi connectivity index (χ4n) is 3.83. The fraction of sp³-hybridized carbons (Fsp3) is 0.571. The van der Waals surface area contributed by atoms with Crippen molar-refractivity contribution in [2.75, 3.05) is 37.2 Å². The second kappa shape index (κ2) is 9.24. The molecule has 3 atom stereocenters. The van der Waals surface area contributed by atoms with Crippen LogP contribution in [0.25, 0.3) is 0 Å². The molecule has 1 fully saturated rings. The van der Waals surface area contributed by atoms with Crippen molar-refractivity contribution in [2.45, 2.75) is 38.8 Å². The van der Waals surface area contributed by atoms with Crippen LogP contribution in [-0.2, 0) is 21.4 Å². The minimum absolute atomic E-state index is 0.0543. The first-order chi connectivity index (χ1) is 15.6. The largest absolute Gasteiger partial charge is 0.444 e. The van der Waals surface area contributed by atoms with E-state index >= 15 is 0 Å². The van der Waals surface area contributed by atoms with Gasteiger partial charge in [0.15, 0.2) is 0 Å². The molecular weight excluding hydrogens is 450 g/mol. The van der Waals surface area contributed by atoms with Gasteiger partial charge in [-0.3, -0.25) is 9.52 Å². The van der Waals surface area contributed by atoms with Crippen LogP contribution in [0.5, 0.6) is 0 Å². The predicted octanol–water partition coefficient (Wildman–Crippen LogP) is 2.85. The highest BCUT2D eigenvalue weighted by Crippen LogP contribution is 2.32. The third kappa shape index (κ3) is 5.26. The van der Waals surface area contributed by atoms with Crippen LogP contribution in [0, 0.1) is 5.92 Å². The highest BCUT2D eigenvalue weighted by molar-refractivity contribution is 6.33. The van der Waals surface area contributed by atoms with Gasteiger partial charge in [0.25, 0.3) is 0 Å². The van der Waals surface area contributed by atoms with Gasteiger partial charge in [0, 0.05) is 45.2 Å². The molecule has 2 aromatic heterocycles. The second-order valence-electron chi connectivity index (χ2n) is 9.14. The molecule has 1 saturated heterocycles. The number of H-pyrrole nitrogens is 1. The Kier molecular flexibility index (Phi) is 6.55. The molecule has 2 aliphatic heterocycles. The number of methoxy groups -OCH3 is 1. The third-order valence-electron chi connectivity index (χ3n) is 5.40. The van der Waals surface area contributed by atoms with E-state index in [-0.39, 0.29) is 18.1 Å². The lowest BCUT2D eigenvalue weighted by Crippen LogP contribution is -2.44. The first-order valence-corrected chi connectivity index (χ1v) is 11.1. The number of fused-ring (bicyclic) bond motifs is 1. The number of likely N-dealkylation sites (tertiary alicyclic amines) is 1. The average molecular weight is 480 g/mol. The van der Waals surface area contributed by atoms with E-state index < -0.39 is 11.9 Å². The van der Waals surface area contributed by atoms with Crippen molar-refractivity contribution in [1.82, 2.24) is 19.7 Å². The number of rotatable bonds is 6. The van der Waals surface area contributed by atoms with Gasteiger partial charge in [0.2, 0.25) is 6.29 Å². The molecule has 4 rings (SSSR count). The zero-order valence-corrected chi connectivity index (χ0v) is 20.2. The monoisotopic (exact) mass is 479 g/mol. The maximum Gasteiger partial charge on any atom is 0.410 e. The van der Waals surface area contributed by atoms with E-state index in [1.165, 1.54) is 0 Å². The van der Waals surface area contributed by atoms with Crippen LogP contribution in [0.1, 0.15) is 26.3 Å². The summed E-state index contributed by atoms with van der Waals surface area (Å²) in [4.78, 5) is 28.2. The quantitative estimate of drug-likeness (QED) is 0.655. The van der Waals surface area contributed by atoms with E-state index in [9.17, 15) is 4.79 Å². The van der Waals surface area contributed by atoms with Crippen molar-refractivity contribution < 1.29 is 19.1 Å². The number of carbonyl (C=O) groups is 1. The summed E-state index contributed by atoms with van der Waals surface area (Å²) in [6, 6.07) is 0. The molecule has 11 nitrogen and oxygen atoms in total. The molecule has 0 aliphatic carbocycles. The number of ether oxygens (including phenoxy) is 2. The molecule has 0 radical (unpaired) electrons. The van der Waals surface area contributed by atoms with Gasteiger partial charge in [0.05, 0.1) is 41.7 Å². The van der Waals surface area contributed by atoms with Crippen LogP contribution in [0.4, 0.5) is 16.3 Å². The van der Waals surface area contributed by atoms with E-state index in [0.717, 1.165) is 11.3 Å². The molecule has 2 N–H and O–H groups in total. The zero-order chi connectivity index (χ0) is 23.8. The van der Waals surface area contributed by atoms with E-state index in [0.29, 0.717) is 30.5 Å². The minimum Gasteiger partial charge on any atom is -0.444 e. The van der Waals surface area contributed by atoms with Crippen molar-refractivity contribution >= 4 is 35.4 Å². The number of aromatic amines is 1. The molecule has 0 saturated carbocycles. The van der Waals surface area contributed by atoms with Crippen LogP contribution in [0.15, 0.2) is 23.6 Å². The maximum absolute atomic E-state index is 12.5. The summed E-state index contributed by atoms with van der Waals surface area (Å²) in [6.07, 6.45) is 5.88. The topological polar surface area (TPSA) is 109 Å². The summed E-state index contributed by atoms with van der Waals surface area (Å²) in [6.45, 7) is 6.74. The zero-order valence-electron chi connectivity index (χ0n) is 19.4. The third-order valence-corrected chi connectivity index (χ3v) is 5.71. The molecule has 2 aliphatic rings. The van der Waals surface area contributed by atoms with Gasteiger partial charge < -0.3 is 24.7 Å². The first kappa shape index (κ1) is 23.4. The van der Waals surface area contributed by atoms with Crippen molar-refractivity contribution in [1.29, 1.82) is 0 Å². The minimum atomic E-state index is -0.561. The van der Waals surface area contributed by atoms with Gasteiger partial charge in [-0.2, -0.15) is 10.2 Å². The van der Waals surface area contributed by atoms with Crippen molar-refractivity contribution in [3.05, 3.63) is 29.2 Å². The van der Waals surface area contributed by atoms with Crippen LogP contribution < -0.4 is 10.4 Å². The number of aryl methyl sites for hydroxylation is 1. The Balaban J connectivity index is 1.46. The molecule has 33 heavy (non-hydrogen) atoms. The predicted molar refractivity (Wildman–Crippen MR) is 125 cm³/mol. The molecule has 0 bridgehead atoms. The van der Waals surface area contributed by atoms with Gasteiger partial charge in [-0.05, 0) is 20.8 Å². The number of amides is 1. The van der Waals surface area contributed by atoms with E-state index in [1.54, 1.807) is 40.4 Å². The van der Waals surface area contributed by atoms with Crippen LogP contribution >= 0.6 is 11.6 Å². The molecule has 4 heterocycles. The van der Waals surface area contributed by atoms with Gasteiger partial charge in [0.1, 0.15) is 11.4 Å². The number of hydrogen-bond acceptors (Lipinski definition) is 8. The number of aromatic nitrogens is 3. The van der Waals surface area contributed by atoms with Gasteiger partial charge in [-0.1, -0.05) is 11.6 Å². The standard InChI is InChI=1S/C21H30ClN7O4/c1-21(2,3)33-20(30)28-9-13(17(11-28)31-5)12-32-29-18-15(16(22)8-23-18)7-24-19(29)26-14-6-25-27(4)10-14/h6-8,10,13,17,19,23,26H,9,11-12H2,1-5H3/t13-,17+,19?/m1/s1. The fourth-order valence-corrected chi connectivity index (χ4v) is 4.02. The smallest absolute Gasteiger partial charge is 0.410 e. The number of hydroxylamine groups is 1. The molecule has 1 unspecified atom stereocenters. The normalized spacial score (nSPS) is 22.5. The summed E-state index contributed by atoms with van der Waals surface area (Å²) < 4.78 is 12.9. The summed E-state index contributed by atoms with van der Waals surface area (Å²) in [5.41, 5.74) is 0.973. The molecule has 2 aromatic rings. The molecule has 0 spiro atoms. The Hall–Kier alpha value is -2.76. The Bertz CT molecular complexity index is 1010. The molecule has 0 aromatic carbocycles. The molecule has 180 valence electrons. The Morgan fingerprint density at radius 3 is 2.82 bits per heavy atom. The number of nitrogens with zero attached hydrogens (tertiary/aromatic N) is 5. The van der Waals surface area contributed by atoms with Gasteiger partial charge in [-0.25, -0.2) is 9.79 Å². The van der Waals surface area contributed by atoms with Crippen molar-refractivity contribution in [3.8, 4) is 0 Å². The van der Waals surface area contributed by atoms with Crippen molar-refractivity contribution in [3.63, 3.8) is 0 Å². The number of anilines is 2. The second-order valence-corrected chi connectivity index (χ2v) is 9.55.